The molecule has 8 heteroatoms. The second-order valence-corrected chi connectivity index (χ2v) is 4.87. The largest absolute Gasteiger partial charge is 0.384 e. The van der Waals surface area contributed by atoms with Gasteiger partial charge in [-0.25, -0.2) is 0 Å². The number of nitrogens with two attached hydrogens (primary N) is 2. The zero-order valence-corrected chi connectivity index (χ0v) is 11.9. The molecule has 0 saturated heterocycles. The number of hydrogen-bond acceptors (Lipinski definition) is 5. The minimum atomic E-state index is -0.158. The zero-order chi connectivity index (χ0) is 14.2. The van der Waals surface area contributed by atoms with Crippen molar-refractivity contribution < 1.29 is 0 Å². The molecular formula is C11H18ClN7. The van der Waals surface area contributed by atoms with E-state index in [2.05, 4.69) is 15.6 Å². The molecule has 2 aromatic heterocycles. The van der Waals surface area contributed by atoms with Gasteiger partial charge in [0.15, 0.2) is 0 Å². The van der Waals surface area contributed by atoms with Crippen LogP contribution >= 0.6 is 11.6 Å². The highest BCUT2D eigenvalue weighted by molar-refractivity contribution is 6.30. The van der Waals surface area contributed by atoms with Gasteiger partial charge in [-0.2, -0.15) is 10.2 Å². The minimum absolute atomic E-state index is 0.158. The molecule has 0 aliphatic heterocycles. The molecule has 7 nitrogen and oxygen atoms in total. The molecule has 0 aliphatic carbocycles. The number of nitrogens with zero attached hydrogens (tertiary/aromatic N) is 4. The number of nitrogens with one attached hydrogen (secondary N) is 1. The predicted molar refractivity (Wildman–Crippen MR) is 74.3 cm³/mol. The van der Waals surface area contributed by atoms with Gasteiger partial charge in [0, 0.05) is 25.2 Å². The monoisotopic (exact) mass is 283 g/mol. The van der Waals surface area contributed by atoms with Crippen LogP contribution in [0, 0.1) is 6.92 Å². The van der Waals surface area contributed by atoms with Crippen molar-refractivity contribution in [3.63, 3.8) is 0 Å². The first-order valence-corrected chi connectivity index (χ1v) is 6.25. The van der Waals surface area contributed by atoms with Crippen LogP contribution in [-0.2, 0) is 20.5 Å². The maximum Gasteiger partial charge on any atom is 0.130 e. The minimum Gasteiger partial charge on any atom is -0.384 e. The fraction of sp³-hybridized carbons (Fsp3) is 0.455. The van der Waals surface area contributed by atoms with E-state index in [0.29, 0.717) is 17.4 Å². The second kappa shape index (κ2) is 5.20. The van der Waals surface area contributed by atoms with Crippen LogP contribution in [0.4, 0.5) is 5.82 Å². The molecule has 5 N–H and O–H groups in total. The molecule has 0 bridgehead atoms. The van der Waals surface area contributed by atoms with E-state index in [1.165, 1.54) is 0 Å². The van der Waals surface area contributed by atoms with Gasteiger partial charge in [0.2, 0.25) is 0 Å². The number of aryl methyl sites for hydroxylation is 3. The van der Waals surface area contributed by atoms with Crippen LogP contribution in [0.3, 0.4) is 0 Å². The fourth-order valence-corrected chi connectivity index (χ4v) is 2.35. The Morgan fingerprint density at radius 2 is 2.11 bits per heavy atom. The summed E-state index contributed by atoms with van der Waals surface area (Å²) in [4.78, 5) is 0. The van der Waals surface area contributed by atoms with E-state index in [9.17, 15) is 0 Å². The van der Waals surface area contributed by atoms with Gasteiger partial charge in [-0.15, -0.1) is 0 Å². The maximum atomic E-state index is 6.23. The van der Waals surface area contributed by atoms with E-state index < -0.39 is 0 Å². The van der Waals surface area contributed by atoms with Crippen LogP contribution < -0.4 is 17.0 Å². The van der Waals surface area contributed by atoms with Gasteiger partial charge in [-0.1, -0.05) is 11.6 Å². The summed E-state index contributed by atoms with van der Waals surface area (Å²) >= 11 is 6.23. The number of anilines is 1. The summed E-state index contributed by atoms with van der Waals surface area (Å²) in [6, 6.07) is -0.158. The highest BCUT2D eigenvalue weighted by Gasteiger charge is 2.21. The van der Waals surface area contributed by atoms with Gasteiger partial charge in [0.05, 0.1) is 17.9 Å². The molecule has 104 valence electrons. The van der Waals surface area contributed by atoms with Crippen LogP contribution in [0.25, 0.3) is 0 Å². The summed E-state index contributed by atoms with van der Waals surface area (Å²) in [6.07, 6.45) is 2.31. The summed E-state index contributed by atoms with van der Waals surface area (Å²) < 4.78 is 3.25. The zero-order valence-electron chi connectivity index (χ0n) is 11.2. The van der Waals surface area contributed by atoms with Gasteiger partial charge >= 0.3 is 0 Å². The second-order valence-electron chi connectivity index (χ2n) is 4.51. The van der Waals surface area contributed by atoms with Crippen LogP contribution in [0.1, 0.15) is 22.9 Å². The van der Waals surface area contributed by atoms with E-state index >= 15 is 0 Å². The molecular weight excluding hydrogens is 266 g/mol. The standard InChI is InChI=1S/C11H18ClN7/c1-6-7(10(12)18(2)17-6)4-9(16-14)8-5-15-19(3)11(8)13/h5,9,16H,4,13-14H2,1-3H3. The van der Waals surface area contributed by atoms with Crippen LogP contribution in [0.5, 0.6) is 0 Å². The van der Waals surface area contributed by atoms with Crippen molar-refractivity contribution in [1.29, 1.82) is 0 Å². The third-order valence-corrected chi connectivity index (χ3v) is 3.74. The van der Waals surface area contributed by atoms with Gasteiger partial charge in [-0.05, 0) is 13.3 Å². The van der Waals surface area contributed by atoms with E-state index in [0.717, 1.165) is 16.8 Å². The van der Waals surface area contributed by atoms with Crippen molar-refractivity contribution in [3.8, 4) is 0 Å². The average molecular weight is 284 g/mol. The fourth-order valence-electron chi connectivity index (χ4n) is 2.10. The quantitative estimate of drug-likeness (QED) is 0.559. The summed E-state index contributed by atoms with van der Waals surface area (Å²) in [7, 11) is 3.59. The van der Waals surface area contributed by atoms with Crippen molar-refractivity contribution in [2.45, 2.75) is 19.4 Å². The Hall–Kier alpha value is -1.57. The molecule has 2 heterocycles. The molecule has 1 atom stereocenters. The number of halogens is 1. The molecule has 1 unspecified atom stereocenters. The van der Waals surface area contributed by atoms with Gasteiger partial charge in [0.1, 0.15) is 11.0 Å². The van der Waals surface area contributed by atoms with Crippen molar-refractivity contribution in [3.05, 3.63) is 28.2 Å². The molecule has 0 radical (unpaired) electrons. The normalized spacial score (nSPS) is 12.9. The highest BCUT2D eigenvalue weighted by Crippen LogP contribution is 2.27. The average Bonchev–Trinajstić information content (AvgIpc) is 2.81. The number of hydrazine groups is 1. The lowest BCUT2D eigenvalue weighted by Gasteiger charge is -2.15. The Kier molecular flexibility index (Phi) is 3.79. The van der Waals surface area contributed by atoms with Crippen LogP contribution in [-0.4, -0.2) is 19.6 Å². The van der Waals surface area contributed by atoms with E-state index in [1.807, 2.05) is 14.0 Å². The lowest BCUT2D eigenvalue weighted by Crippen LogP contribution is -2.30. The number of nitrogen functional groups attached to an aromatic ring is 1. The molecule has 0 fully saturated rings. The molecule has 19 heavy (non-hydrogen) atoms. The Bertz CT molecular complexity index is 586. The molecule has 0 aromatic carbocycles. The van der Waals surface area contributed by atoms with Crippen molar-refractivity contribution in [2.24, 2.45) is 19.9 Å². The topological polar surface area (TPSA) is 99.7 Å². The first kappa shape index (κ1) is 13.9. The Morgan fingerprint density at radius 1 is 1.42 bits per heavy atom. The summed E-state index contributed by atoms with van der Waals surface area (Å²) in [6.45, 7) is 1.92. The third-order valence-electron chi connectivity index (χ3n) is 3.27. The lowest BCUT2D eigenvalue weighted by atomic mass is 10.0. The van der Waals surface area contributed by atoms with E-state index in [-0.39, 0.29) is 6.04 Å². The first-order valence-electron chi connectivity index (χ1n) is 5.87. The highest BCUT2D eigenvalue weighted by atomic mass is 35.5. The Morgan fingerprint density at radius 3 is 2.53 bits per heavy atom. The SMILES string of the molecule is Cc1nn(C)c(Cl)c1CC(NN)c1cnn(C)c1N. The van der Waals surface area contributed by atoms with Gasteiger partial charge < -0.3 is 5.73 Å². The maximum absolute atomic E-state index is 6.23. The Labute approximate surface area is 116 Å². The molecule has 2 rings (SSSR count). The predicted octanol–water partition coefficient (Wildman–Crippen LogP) is 0.445. The number of rotatable bonds is 4. The number of hydrogen-bond donors (Lipinski definition) is 3. The molecule has 2 aromatic rings. The summed E-state index contributed by atoms with van der Waals surface area (Å²) in [5.41, 5.74) is 11.4. The molecule has 0 spiro atoms. The third kappa shape index (κ3) is 2.44. The van der Waals surface area contributed by atoms with Crippen molar-refractivity contribution in [1.82, 2.24) is 25.0 Å². The molecule has 0 aliphatic rings. The van der Waals surface area contributed by atoms with Gasteiger partial charge in [0.25, 0.3) is 0 Å². The van der Waals surface area contributed by atoms with Crippen molar-refractivity contribution in [2.75, 3.05) is 5.73 Å². The number of aromatic nitrogens is 4. The summed E-state index contributed by atoms with van der Waals surface area (Å²) in [5.74, 6) is 6.21. The van der Waals surface area contributed by atoms with Gasteiger partial charge in [-0.3, -0.25) is 20.6 Å². The smallest absolute Gasteiger partial charge is 0.130 e. The molecule has 0 saturated carbocycles. The lowest BCUT2D eigenvalue weighted by molar-refractivity contribution is 0.552. The van der Waals surface area contributed by atoms with Crippen LogP contribution in [0.2, 0.25) is 5.15 Å². The Balaban J connectivity index is 2.32. The van der Waals surface area contributed by atoms with E-state index in [4.69, 9.17) is 23.2 Å². The van der Waals surface area contributed by atoms with Crippen molar-refractivity contribution >= 4 is 17.4 Å². The first-order chi connectivity index (χ1) is 8.95. The van der Waals surface area contributed by atoms with E-state index in [1.54, 1.807) is 22.6 Å². The van der Waals surface area contributed by atoms with Crippen LogP contribution in [0.15, 0.2) is 6.20 Å². The summed E-state index contributed by atoms with van der Waals surface area (Å²) in [5, 5.41) is 9.01. The molecule has 0 amide bonds.